The van der Waals surface area contributed by atoms with E-state index in [2.05, 4.69) is 101 Å². The van der Waals surface area contributed by atoms with Gasteiger partial charge in [-0.25, -0.2) is 0 Å². The number of rotatable bonds is 11. The lowest BCUT2D eigenvalue weighted by Gasteiger charge is -2.44. The summed E-state index contributed by atoms with van der Waals surface area (Å²) in [5, 5.41) is 2.72. The highest BCUT2D eigenvalue weighted by molar-refractivity contribution is 6.99. The van der Waals surface area contributed by atoms with E-state index in [4.69, 9.17) is 13.9 Å². The predicted octanol–water partition coefficient (Wildman–Crippen LogP) is 5.83. The van der Waals surface area contributed by atoms with Gasteiger partial charge in [-0.1, -0.05) is 93.6 Å². The van der Waals surface area contributed by atoms with E-state index in [-0.39, 0.29) is 17.4 Å². The first kappa shape index (κ1) is 24.9. The molecule has 1 fully saturated rings. The quantitative estimate of drug-likeness (QED) is 0.244. The molecular formula is C28H40O3Si. The fourth-order valence-electron chi connectivity index (χ4n) is 4.62. The van der Waals surface area contributed by atoms with Gasteiger partial charge in [0.15, 0.2) is 6.29 Å². The van der Waals surface area contributed by atoms with E-state index in [1.807, 2.05) is 0 Å². The van der Waals surface area contributed by atoms with Crippen LogP contribution in [-0.4, -0.2) is 33.9 Å². The van der Waals surface area contributed by atoms with Gasteiger partial charge < -0.3 is 13.9 Å². The number of benzene rings is 2. The van der Waals surface area contributed by atoms with Crippen LogP contribution in [0.5, 0.6) is 0 Å². The molecule has 1 saturated heterocycles. The van der Waals surface area contributed by atoms with Crippen LogP contribution < -0.4 is 10.4 Å². The maximum Gasteiger partial charge on any atom is 0.261 e. The summed E-state index contributed by atoms with van der Waals surface area (Å²) in [5.41, 5.74) is 0. The molecule has 174 valence electrons. The molecule has 0 aromatic heterocycles. The molecule has 4 heteroatoms. The minimum Gasteiger partial charge on any atom is -0.405 e. The van der Waals surface area contributed by atoms with Gasteiger partial charge in [0.2, 0.25) is 0 Å². The Labute approximate surface area is 195 Å². The Hall–Kier alpha value is -1.72. The third-order valence-electron chi connectivity index (χ3n) is 6.20. The van der Waals surface area contributed by atoms with E-state index in [1.165, 1.54) is 10.4 Å². The largest absolute Gasteiger partial charge is 0.405 e. The third kappa shape index (κ3) is 6.41. The Morgan fingerprint density at radius 2 is 1.44 bits per heavy atom. The summed E-state index contributed by atoms with van der Waals surface area (Å²) < 4.78 is 18.1. The van der Waals surface area contributed by atoms with Crippen molar-refractivity contribution in [3.8, 4) is 0 Å². The molecule has 0 amide bonds. The molecule has 2 aromatic carbocycles. The van der Waals surface area contributed by atoms with Crippen LogP contribution in [0.25, 0.3) is 0 Å². The fraction of sp³-hybridized carbons (Fsp3) is 0.500. The van der Waals surface area contributed by atoms with E-state index in [9.17, 15) is 0 Å². The molecule has 1 aliphatic heterocycles. The normalized spacial score (nSPS) is 16.6. The zero-order valence-corrected chi connectivity index (χ0v) is 21.3. The second-order valence-electron chi connectivity index (χ2n) is 9.74. The average Bonchev–Trinajstić information content (AvgIpc) is 3.31. The van der Waals surface area contributed by atoms with Gasteiger partial charge in [-0.05, 0) is 48.0 Å². The molecule has 32 heavy (non-hydrogen) atoms. The van der Waals surface area contributed by atoms with E-state index in [0.29, 0.717) is 0 Å². The predicted molar refractivity (Wildman–Crippen MR) is 136 cm³/mol. The van der Waals surface area contributed by atoms with Crippen LogP contribution in [-0.2, 0) is 13.9 Å². The summed E-state index contributed by atoms with van der Waals surface area (Å²) in [7, 11) is -2.45. The number of unbranched alkanes of at least 4 members (excludes halogenated alkanes) is 1. The summed E-state index contributed by atoms with van der Waals surface area (Å²) in [6.07, 6.45) is 10.00. The molecule has 0 unspecified atom stereocenters. The molecule has 1 aliphatic rings. The second-order valence-corrected chi connectivity index (χ2v) is 14.0. The molecule has 1 atom stereocenters. The maximum absolute atomic E-state index is 7.15. The van der Waals surface area contributed by atoms with Gasteiger partial charge in [-0.3, -0.25) is 0 Å². The molecule has 0 spiro atoms. The first-order valence-electron chi connectivity index (χ1n) is 12.1. The van der Waals surface area contributed by atoms with Gasteiger partial charge in [0.1, 0.15) is 0 Å². The van der Waals surface area contributed by atoms with Crippen molar-refractivity contribution in [2.24, 2.45) is 0 Å². The number of hydrogen-bond donors (Lipinski definition) is 0. The molecule has 0 saturated carbocycles. The van der Waals surface area contributed by atoms with Gasteiger partial charge in [-0.15, -0.1) is 0 Å². The number of allylic oxidation sites excluding steroid dienone is 2. The van der Waals surface area contributed by atoms with Gasteiger partial charge in [0, 0.05) is 12.5 Å². The standard InChI is InChI=1S/C28H40O3Si/c1-24(16-10-6-5-7-15-21-27-29-22-23-30-27)31-32(28(2,3)4,25-17-11-8-12-18-25)26-19-13-9-14-20-26/h5,7-9,11-14,17-20,24,27H,6,10,15-16,21-23H2,1-4H3/b7-5-/t24-/m0/s1. The van der Waals surface area contributed by atoms with Crippen LogP contribution in [0.4, 0.5) is 0 Å². The van der Waals surface area contributed by atoms with Crippen LogP contribution in [0, 0.1) is 0 Å². The summed E-state index contributed by atoms with van der Waals surface area (Å²) in [6, 6.07) is 21.8. The van der Waals surface area contributed by atoms with Gasteiger partial charge in [0.25, 0.3) is 8.32 Å². The first-order chi connectivity index (χ1) is 15.4. The zero-order chi connectivity index (χ0) is 22.9. The maximum atomic E-state index is 7.15. The average molecular weight is 453 g/mol. The minimum absolute atomic E-state index is 0.000440. The Kier molecular flexibility index (Phi) is 9.30. The lowest BCUT2D eigenvalue weighted by atomic mass is 10.1. The molecule has 3 nitrogen and oxygen atoms in total. The van der Waals surface area contributed by atoms with Crippen molar-refractivity contribution >= 4 is 18.7 Å². The zero-order valence-electron chi connectivity index (χ0n) is 20.3. The van der Waals surface area contributed by atoms with Crippen molar-refractivity contribution in [1.29, 1.82) is 0 Å². The molecule has 2 aromatic rings. The Bertz CT molecular complexity index is 768. The van der Waals surface area contributed by atoms with E-state index in [0.717, 1.165) is 45.3 Å². The lowest BCUT2D eigenvalue weighted by Crippen LogP contribution is -2.67. The molecular weight excluding hydrogens is 412 g/mol. The molecule has 0 bridgehead atoms. The van der Waals surface area contributed by atoms with Crippen molar-refractivity contribution in [2.45, 2.75) is 77.2 Å². The smallest absolute Gasteiger partial charge is 0.261 e. The molecule has 1 heterocycles. The Morgan fingerprint density at radius 1 is 0.906 bits per heavy atom. The van der Waals surface area contributed by atoms with Crippen LogP contribution in [0.2, 0.25) is 5.04 Å². The third-order valence-corrected chi connectivity index (χ3v) is 11.4. The Morgan fingerprint density at radius 3 is 1.97 bits per heavy atom. The number of hydrogen-bond acceptors (Lipinski definition) is 3. The highest BCUT2D eigenvalue weighted by Crippen LogP contribution is 2.37. The van der Waals surface area contributed by atoms with Crippen LogP contribution in [0.3, 0.4) is 0 Å². The molecule has 0 aliphatic carbocycles. The SMILES string of the molecule is C[C@@H](CCC/C=C\CCC1OCCO1)O[Si](c1ccccc1)(c1ccccc1)C(C)(C)C. The highest BCUT2D eigenvalue weighted by Gasteiger charge is 2.50. The van der Waals surface area contributed by atoms with Crippen molar-refractivity contribution in [2.75, 3.05) is 13.2 Å². The summed E-state index contributed by atoms with van der Waals surface area (Å²) in [6.45, 7) is 10.7. The van der Waals surface area contributed by atoms with E-state index < -0.39 is 8.32 Å². The summed E-state index contributed by atoms with van der Waals surface area (Å²) in [4.78, 5) is 0. The monoisotopic (exact) mass is 452 g/mol. The van der Waals surface area contributed by atoms with Crippen molar-refractivity contribution in [1.82, 2.24) is 0 Å². The minimum atomic E-state index is -2.45. The first-order valence-corrected chi connectivity index (χ1v) is 14.0. The molecule has 3 rings (SSSR count). The van der Waals surface area contributed by atoms with Crippen molar-refractivity contribution < 1.29 is 13.9 Å². The van der Waals surface area contributed by atoms with Crippen LogP contribution in [0.15, 0.2) is 72.8 Å². The van der Waals surface area contributed by atoms with Gasteiger partial charge in [0.05, 0.1) is 13.2 Å². The van der Waals surface area contributed by atoms with Crippen molar-refractivity contribution in [3.05, 3.63) is 72.8 Å². The molecule has 0 radical (unpaired) electrons. The van der Waals surface area contributed by atoms with Gasteiger partial charge in [-0.2, -0.15) is 0 Å². The Balaban J connectivity index is 1.63. The van der Waals surface area contributed by atoms with Crippen molar-refractivity contribution in [3.63, 3.8) is 0 Å². The molecule has 0 N–H and O–H groups in total. The summed E-state index contributed by atoms with van der Waals surface area (Å²) >= 11 is 0. The number of ether oxygens (including phenoxy) is 2. The van der Waals surface area contributed by atoms with Gasteiger partial charge >= 0.3 is 0 Å². The van der Waals surface area contributed by atoms with Crippen LogP contribution >= 0.6 is 0 Å². The summed E-state index contributed by atoms with van der Waals surface area (Å²) in [5.74, 6) is 0. The fourth-order valence-corrected chi connectivity index (χ4v) is 9.35. The topological polar surface area (TPSA) is 27.7 Å². The lowest BCUT2D eigenvalue weighted by molar-refractivity contribution is -0.0457. The van der Waals surface area contributed by atoms with E-state index >= 15 is 0 Å². The van der Waals surface area contributed by atoms with E-state index in [1.54, 1.807) is 0 Å². The highest BCUT2D eigenvalue weighted by atomic mass is 28.4. The van der Waals surface area contributed by atoms with Crippen LogP contribution in [0.1, 0.15) is 59.8 Å². The second kappa shape index (κ2) is 11.9.